The number of anilines is 6. The van der Waals surface area contributed by atoms with Crippen molar-refractivity contribution < 1.29 is 0 Å². The van der Waals surface area contributed by atoms with Crippen molar-refractivity contribution in [2.75, 3.05) is 9.80 Å². The standard InChI is InChI=1S/C90H60BN3/c1-9-30-61(31-10-1)69-54-56-81-79(58-69)91-78-55-57-82-85(77-46-25-26-53-80(77)92(82)87-71(63-34-13-3-14-35-63)47-27-48-72(87)64-36-15-4-16-37-64)90(78)94(89-75(67-42-21-7-22-43-67)51-29-52-76(89)68-44-23-8-24-45-68)84-60-70(62-32-11-2-12-33-62)59-83(86(84)91)93(81)88-73(65-38-17-5-18-39-65)49-28-50-74(88)66-40-19-6-20-41-66/h1-60H. The zero-order valence-electron chi connectivity index (χ0n) is 51.6. The summed E-state index contributed by atoms with van der Waals surface area (Å²) in [7, 11) is 0. The first-order valence-electron chi connectivity index (χ1n) is 32.5. The fourth-order valence-corrected chi connectivity index (χ4v) is 15.3. The van der Waals surface area contributed by atoms with Crippen LogP contribution in [0.25, 0.3) is 117 Å². The lowest BCUT2D eigenvalue weighted by Gasteiger charge is -2.46. The van der Waals surface area contributed by atoms with Gasteiger partial charge in [-0.1, -0.05) is 334 Å². The van der Waals surface area contributed by atoms with Crippen LogP contribution in [0.3, 0.4) is 0 Å². The quantitative estimate of drug-likeness (QED) is 0.120. The summed E-state index contributed by atoms with van der Waals surface area (Å²) in [6, 6.07) is 135. The third-order valence-electron chi connectivity index (χ3n) is 19.4. The van der Waals surface area contributed by atoms with E-state index < -0.39 is 0 Å². The van der Waals surface area contributed by atoms with Crippen molar-refractivity contribution in [2.24, 2.45) is 0 Å². The van der Waals surface area contributed by atoms with E-state index in [1.54, 1.807) is 0 Å². The maximum absolute atomic E-state index is 2.73. The molecule has 2 aliphatic rings. The number of para-hydroxylation sites is 4. The van der Waals surface area contributed by atoms with Crippen molar-refractivity contribution in [2.45, 2.75) is 0 Å². The highest BCUT2D eigenvalue weighted by Crippen LogP contribution is 2.56. The lowest BCUT2D eigenvalue weighted by atomic mass is 9.33. The first-order valence-corrected chi connectivity index (χ1v) is 32.5. The molecule has 0 spiro atoms. The van der Waals surface area contributed by atoms with E-state index in [2.05, 4.69) is 378 Å². The van der Waals surface area contributed by atoms with Crippen molar-refractivity contribution in [3.8, 4) is 94.7 Å². The summed E-state index contributed by atoms with van der Waals surface area (Å²) in [5.41, 5.74) is 32.1. The van der Waals surface area contributed by atoms with Crippen molar-refractivity contribution in [1.82, 2.24) is 4.57 Å². The molecule has 0 aliphatic carbocycles. The molecule has 0 radical (unpaired) electrons. The Balaban J connectivity index is 1.05. The first kappa shape index (κ1) is 54.7. The molecule has 94 heavy (non-hydrogen) atoms. The van der Waals surface area contributed by atoms with Gasteiger partial charge in [0.05, 0.1) is 33.8 Å². The number of aromatic nitrogens is 1. The molecule has 3 heterocycles. The highest BCUT2D eigenvalue weighted by atomic mass is 15.2. The van der Waals surface area contributed by atoms with E-state index in [0.29, 0.717) is 0 Å². The van der Waals surface area contributed by atoms with Crippen LogP contribution in [0.2, 0.25) is 0 Å². The summed E-state index contributed by atoms with van der Waals surface area (Å²) in [5, 5.41) is 2.35. The van der Waals surface area contributed by atoms with Gasteiger partial charge in [-0.05, 0) is 102 Å². The number of hydrogen-bond acceptors (Lipinski definition) is 2. The zero-order chi connectivity index (χ0) is 62.1. The number of rotatable bonds is 11. The highest BCUT2D eigenvalue weighted by Gasteiger charge is 2.47. The minimum atomic E-state index is -0.257. The van der Waals surface area contributed by atoms with Crippen molar-refractivity contribution >= 4 is 79.0 Å². The number of benzene rings is 15. The highest BCUT2D eigenvalue weighted by molar-refractivity contribution is 7.00. The van der Waals surface area contributed by atoms with E-state index in [-0.39, 0.29) is 6.71 Å². The third kappa shape index (κ3) is 8.98. The maximum Gasteiger partial charge on any atom is 0.252 e. The molecule has 3 nitrogen and oxygen atoms in total. The van der Waals surface area contributed by atoms with Gasteiger partial charge in [0.15, 0.2) is 0 Å². The molecule has 0 unspecified atom stereocenters. The van der Waals surface area contributed by atoms with Gasteiger partial charge >= 0.3 is 0 Å². The van der Waals surface area contributed by atoms with Crippen LogP contribution < -0.4 is 26.2 Å². The van der Waals surface area contributed by atoms with Gasteiger partial charge in [0.25, 0.3) is 6.71 Å². The Labute approximate surface area is 548 Å². The summed E-state index contributed by atoms with van der Waals surface area (Å²) < 4.78 is 2.59. The molecule has 0 fully saturated rings. The molecule has 15 aromatic carbocycles. The zero-order valence-corrected chi connectivity index (χ0v) is 51.6. The lowest BCUT2D eigenvalue weighted by Crippen LogP contribution is -2.61. The predicted octanol–water partition coefficient (Wildman–Crippen LogP) is 22.2. The Hall–Kier alpha value is -12.2. The van der Waals surface area contributed by atoms with Crippen LogP contribution in [0, 0.1) is 0 Å². The SMILES string of the molecule is c1ccc(-c2ccc3c(c2)B2c4ccc5c(c4N(c4c(-c6ccccc6)cccc4-c4ccccc4)c4cc(-c6ccccc6)cc(c42)N3c2c(-c3ccccc3)cccc2-c2ccccc2)c2ccccc2n5-c2c(-c3ccccc3)cccc2-c2ccccc2)cc1. The summed E-state index contributed by atoms with van der Waals surface area (Å²) in [6.07, 6.45) is 0. The second-order valence-corrected chi connectivity index (χ2v) is 24.6. The van der Waals surface area contributed by atoms with Crippen molar-refractivity contribution in [3.05, 3.63) is 364 Å². The van der Waals surface area contributed by atoms with Gasteiger partial charge < -0.3 is 14.4 Å². The molecule has 0 atom stereocenters. The molecular weight excluding hydrogens is 1130 g/mol. The molecular formula is C90H60BN3. The van der Waals surface area contributed by atoms with E-state index in [1.807, 2.05) is 0 Å². The molecule has 4 heteroatoms. The Morgan fingerprint density at radius 3 is 1.00 bits per heavy atom. The fourth-order valence-electron chi connectivity index (χ4n) is 15.3. The predicted molar refractivity (Wildman–Crippen MR) is 398 cm³/mol. The molecule has 438 valence electrons. The van der Waals surface area contributed by atoms with Crippen LogP contribution >= 0.6 is 0 Å². The molecule has 18 rings (SSSR count). The monoisotopic (exact) mass is 1190 g/mol. The maximum atomic E-state index is 2.73. The molecule has 0 amide bonds. The Kier molecular flexibility index (Phi) is 13.3. The normalized spacial score (nSPS) is 12.2. The summed E-state index contributed by atoms with van der Waals surface area (Å²) in [5.74, 6) is 0. The molecule has 0 bridgehead atoms. The van der Waals surface area contributed by atoms with Gasteiger partial charge in [0, 0.05) is 61.2 Å². The Bertz CT molecular complexity index is 5350. The average molecular weight is 1190 g/mol. The van der Waals surface area contributed by atoms with E-state index in [9.17, 15) is 0 Å². The molecule has 16 aromatic rings. The van der Waals surface area contributed by atoms with Crippen molar-refractivity contribution in [1.29, 1.82) is 0 Å². The van der Waals surface area contributed by atoms with Crippen LogP contribution in [-0.4, -0.2) is 11.3 Å². The smallest absolute Gasteiger partial charge is 0.252 e. The first-order chi connectivity index (χ1) is 46.7. The van der Waals surface area contributed by atoms with Gasteiger partial charge in [-0.2, -0.15) is 0 Å². The van der Waals surface area contributed by atoms with Crippen LogP contribution in [0.5, 0.6) is 0 Å². The largest absolute Gasteiger partial charge is 0.310 e. The van der Waals surface area contributed by atoms with E-state index >= 15 is 0 Å². The number of nitrogens with zero attached hydrogens (tertiary/aromatic N) is 3. The minimum absolute atomic E-state index is 0.257. The Morgan fingerprint density at radius 2 is 0.564 bits per heavy atom. The number of fused-ring (bicyclic) bond motifs is 8. The van der Waals surface area contributed by atoms with Crippen LogP contribution in [0.15, 0.2) is 364 Å². The van der Waals surface area contributed by atoms with Crippen LogP contribution in [0.4, 0.5) is 34.1 Å². The second-order valence-electron chi connectivity index (χ2n) is 24.6. The van der Waals surface area contributed by atoms with Crippen LogP contribution in [-0.2, 0) is 0 Å². The van der Waals surface area contributed by atoms with Crippen LogP contribution in [0.1, 0.15) is 0 Å². The summed E-state index contributed by atoms with van der Waals surface area (Å²) >= 11 is 0. The fraction of sp³-hybridized carbons (Fsp3) is 0. The van der Waals surface area contributed by atoms with Crippen molar-refractivity contribution in [3.63, 3.8) is 0 Å². The van der Waals surface area contributed by atoms with Gasteiger partial charge in [-0.15, -0.1) is 0 Å². The lowest BCUT2D eigenvalue weighted by molar-refractivity contribution is 1.18. The topological polar surface area (TPSA) is 11.4 Å². The minimum Gasteiger partial charge on any atom is -0.310 e. The molecule has 0 saturated heterocycles. The second kappa shape index (κ2) is 22.9. The summed E-state index contributed by atoms with van der Waals surface area (Å²) in [6.45, 7) is -0.257. The molecule has 0 saturated carbocycles. The third-order valence-corrected chi connectivity index (χ3v) is 19.4. The molecule has 0 N–H and O–H groups in total. The van der Waals surface area contributed by atoms with E-state index in [4.69, 9.17) is 0 Å². The number of hydrogen-bond donors (Lipinski definition) is 0. The van der Waals surface area contributed by atoms with E-state index in [1.165, 1.54) is 38.3 Å². The van der Waals surface area contributed by atoms with E-state index in [0.717, 1.165) is 129 Å². The summed E-state index contributed by atoms with van der Waals surface area (Å²) in [4.78, 5) is 5.38. The van der Waals surface area contributed by atoms with Gasteiger partial charge in [0.2, 0.25) is 0 Å². The molecule has 1 aromatic heterocycles. The molecule has 2 aliphatic heterocycles. The van der Waals surface area contributed by atoms with Gasteiger partial charge in [0.1, 0.15) is 0 Å². The van der Waals surface area contributed by atoms with Gasteiger partial charge in [-0.25, -0.2) is 0 Å². The van der Waals surface area contributed by atoms with Gasteiger partial charge in [-0.3, -0.25) is 0 Å². The Morgan fingerprint density at radius 1 is 0.202 bits per heavy atom. The average Bonchev–Trinajstić information content (AvgIpc) is 1.12.